The van der Waals surface area contributed by atoms with Gasteiger partial charge in [-0.05, 0) is 38.9 Å². The maximum atomic E-state index is 12.7. The Hall–Kier alpha value is -2.45. The zero-order chi connectivity index (χ0) is 20.4. The largest absolute Gasteiger partial charge is 0.497 e. The minimum atomic E-state index is -0.0862. The van der Waals surface area contributed by atoms with E-state index in [2.05, 4.69) is 32.1 Å². The van der Waals surface area contributed by atoms with Crippen LogP contribution in [-0.2, 0) is 13.6 Å². The Morgan fingerprint density at radius 3 is 2.97 bits per heavy atom. The smallest absolute Gasteiger partial charge is 0.271 e. The number of carbonyl (C=O) groups excluding carboxylic acids is 1. The van der Waals surface area contributed by atoms with Crippen molar-refractivity contribution in [2.45, 2.75) is 37.4 Å². The summed E-state index contributed by atoms with van der Waals surface area (Å²) in [6, 6.07) is 3.98. The Morgan fingerprint density at radius 1 is 1.34 bits per heavy atom. The highest BCUT2D eigenvalue weighted by Crippen LogP contribution is 2.37. The number of nitrogens with one attached hydrogen (secondary N) is 1. The second-order valence-electron chi connectivity index (χ2n) is 8.27. The first-order chi connectivity index (χ1) is 14.0. The third kappa shape index (κ3) is 4.00. The molecule has 1 amide bonds. The molecule has 2 aromatic heterocycles. The molecule has 0 saturated carbocycles. The minimum Gasteiger partial charge on any atom is -0.497 e. The molecule has 2 aromatic rings. The Morgan fingerprint density at radius 2 is 2.21 bits per heavy atom. The third-order valence-corrected chi connectivity index (χ3v) is 6.40. The van der Waals surface area contributed by atoms with Crippen LogP contribution in [0.4, 0.5) is 0 Å². The predicted molar refractivity (Wildman–Crippen MR) is 110 cm³/mol. The monoisotopic (exact) mass is 398 g/mol. The van der Waals surface area contributed by atoms with Crippen molar-refractivity contribution in [3.8, 4) is 5.75 Å². The molecule has 1 N–H and O–H groups in total. The number of methoxy groups -OCH3 is 1. The highest BCUT2D eigenvalue weighted by molar-refractivity contribution is 5.92. The summed E-state index contributed by atoms with van der Waals surface area (Å²) in [4.78, 5) is 26.3. The van der Waals surface area contributed by atoms with Crippen LogP contribution in [0.1, 0.15) is 35.4 Å². The molecule has 0 bridgehead atoms. The van der Waals surface area contributed by atoms with Crippen molar-refractivity contribution in [3.05, 3.63) is 42.2 Å². The highest BCUT2D eigenvalue weighted by atomic mass is 16.5. The number of likely N-dealkylation sites (N-methyl/N-ethyl adjacent to an activating group) is 1. The van der Waals surface area contributed by atoms with E-state index in [1.165, 1.54) is 0 Å². The molecule has 4 heterocycles. The van der Waals surface area contributed by atoms with Gasteiger partial charge < -0.3 is 14.6 Å². The van der Waals surface area contributed by atoms with Crippen molar-refractivity contribution >= 4 is 5.91 Å². The fourth-order valence-corrected chi connectivity index (χ4v) is 4.83. The van der Waals surface area contributed by atoms with E-state index in [-0.39, 0.29) is 17.5 Å². The lowest BCUT2D eigenvalue weighted by atomic mass is 9.82. The van der Waals surface area contributed by atoms with Crippen molar-refractivity contribution < 1.29 is 9.53 Å². The molecule has 156 valence electrons. The number of pyridine rings is 1. The predicted octanol–water partition coefficient (Wildman–Crippen LogP) is 1.29. The number of piperidine rings is 1. The SMILES string of the molecule is COc1ccnc(CN2CCCC3(C2)C(NC(=O)c2cn(C)cn2)CCN3C)c1. The Bertz CT molecular complexity index is 868. The summed E-state index contributed by atoms with van der Waals surface area (Å²) in [5.74, 6) is 0.747. The number of aromatic nitrogens is 3. The Kier molecular flexibility index (Phi) is 5.56. The summed E-state index contributed by atoms with van der Waals surface area (Å²) < 4.78 is 7.14. The van der Waals surface area contributed by atoms with Gasteiger partial charge in [-0.15, -0.1) is 0 Å². The van der Waals surface area contributed by atoms with Gasteiger partial charge in [0.1, 0.15) is 11.4 Å². The summed E-state index contributed by atoms with van der Waals surface area (Å²) in [5.41, 5.74) is 1.43. The van der Waals surface area contributed by atoms with Gasteiger partial charge in [0.2, 0.25) is 0 Å². The number of nitrogens with zero attached hydrogens (tertiary/aromatic N) is 5. The van der Waals surface area contributed by atoms with Crippen LogP contribution in [0, 0.1) is 0 Å². The summed E-state index contributed by atoms with van der Waals surface area (Å²) >= 11 is 0. The molecule has 8 nitrogen and oxygen atoms in total. The van der Waals surface area contributed by atoms with Gasteiger partial charge in [-0.1, -0.05) is 0 Å². The van der Waals surface area contributed by atoms with Crippen LogP contribution in [0.5, 0.6) is 5.75 Å². The Labute approximate surface area is 171 Å². The van der Waals surface area contributed by atoms with Crippen LogP contribution in [0.25, 0.3) is 0 Å². The lowest BCUT2D eigenvalue weighted by molar-refractivity contribution is 0.0348. The van der Waals surface area contributed by atoms with E-state index in [0.717, 1.165) is 56.9 Å². The van der Waals surface area contributed by atoms with Gasteiger partial charge in [-0.2, -0.15) is 0 Å². The molecule has 2 saturated heterocycles. The number of imidazole rings is 1. The van der Waals surface area contributed by atoms with Gasteiger partial charge in [0.15, 0.2) is 0 Å². The van der Waals surface area contributed by atoms with Crippen molar-refractivity contribution in [1.29, 1.82) is 0 Å². The molecule has 0 radical (unpaired) electrons. The second kappa shape index (κ2) is 8.12. The Balaban J connectivity index is 1.48. The van der Waals surface area contributed by atoms with Crippen molar-refractivity contribution in [2.75, 3.05) is 33.8 Å². The van der Waals surface area contributed by atoms with E-state index in [1.807, 2.05) is 19.2 Å². The van der Waals surface area contributed by atoms with Crippen LogP contribution in [0.3, 0.4) is 0 Å². The van der Waals surface area contributed by atoms with Crippen molar-refractivity contribution in [3.63, 3.8) is 0 Å². The maximum Gasteiger partial charge on any atom is 0.271 e. The van der Waals surface area contributed by atoms with Crippen LogP contribution in [0.2, 0.25) is 0 Å². The number of rotatable bonds is 5. The number of amides is 1. The van der Waals surface area contributed by atoms with E-state index in [4.69, 9.17) is 4.74 Å². The number of hydrogen-bond donors (Lipinski definition) is 1. The van der Waals surface area contributed by atoms with Crippen molar-refractivity contribution in [2.24, 2.45) is 7.05 Å². The summed E-state index contributed by atoms with van der Waals surface area (Å²) in [5, 5.41) is 3.28. The van der Waals surface area contributed by atoms with Crippen LogP contribution >= 0.6 is 0 Å². The topological polar surface area (TPSA) is 75.5 Å². The molecular weight excluding hydrogens is 368 g/mol. The first-order valence-corrected chi connectivity index (χ1v) is 10.2. The lowest BCUT2D eigenvalue weighted by Gasteiger charge is -2.47. The normalized spacial score (nSPS) is 25.4. The van der Waals surface area contributed by atoms with E-state index in [9.17, 15) is 4.79 Å². The van der Waals surface area contributed by atoms with Gasteiger partial charge in [0.05, 0.1) is 30.7 Å². The first kappa shape index (κ1) is 19.8. The molecule has 2 fully saturated rings. The zero-order valence-corrected chi connectivity index (χ0v) is 17.5. The molecule has 1 spiro atoms. The summed E-state index contributed by atoms with van der Waals surface area (Å²) in [6.45, 7) is 3.72. The van der Waals surface area contributed by atoms with Gasteiger partial charge in [0.25, 0.3) is 5.91 Å². The first-order valence-electron chi connectivity index (χ1n) is 10.2. The second-order valence-corrected chi connectivity index (χ2v) is 8.27. The van der Waals surface area contributed by atoms with Gasteiger partial charge in [-0.3, -0.25) is 19.6 Å². The van der Waals surface area contributed by atoms with E-state index in [1.54, 1.807) is 30.4 Å². The van der Waals surface area contributed by atoms with Gasteiger partial charge >= 0.3 is 0 Å². The number of carbonyl (C=O) groups is 1. The molecule has 2 atom stereocenters. The lowest BCUT2D eigenvalue weighted by Crippen LogP contribution is -2.63. The highest BCUT2D eigenvalue weighted by Gasteiger charge is 2.49. The fraction of sp³-hybridized carbons (Fsp3) is 0.571. The number of likely N-dealkylation sites (tertiary alicyclic amines) is 2. The van der Waals surface area contributed by atoms with E-state index in [0.29, 0.717) is 5.69 Å². The molecule has 2 aliphatic rings. The molecule has 2 unspecified atom stereocenters. The van der Waals surface area contributed by atoms with E-state index < -0.39 is 0 Å². The molecule has 2 aliphatic heterocycles. The average molecular weight is 399 g/mol. The third-order valence-electron chi connectivity index (χ3n) is 6.40. The van der Waals surface area contributed by atoms with Crippen LogP contribution < -0.4 is 10.1 Å². The number of ether oxygens (including phenoxy) is 1. The minimum absolute atomic E-state index is 0.0540. The molecule has 8 heteroatoms. The summed E-state index contributed by atoms with van der Waals surface area (Å²) in [7, 11) is 5.73. The van der Waals surface area contributed by atoms with Crippen molar-refractivity contribution in [1.82, 2.24) is 29.7 Å². The molecule has 4 rings (SSSR count). The molecular formula is C21H30N6O2. The van der Waals surface area contributed by atoms with Crippen LogP contribution in [0.15, 0.2) is 30.9 Å². The average Bonchev–Trinajstić information content (AvgIpc) is 3.28. The van der Waals surface area contributed by atoms with Gasteiger partial charge in [-0.25, -0.2) is 4.98 Å². The molecule has 29 heavy (non-hydrogen) atoms. The summed E-state index contributed by atoms with van der Waals surface area (Å²) in [6.07, 6.45) is 8.37. The zero-order valence-electron chi connectivity index (χ0n) is 17.5. The van der Waals surface area contributed by atoms with Crippen LogP contribution in [-0.4, -0.2) is 75.6 Å². The fourth-order valence-electron chi connectivity index (χ4n) is 4.83. The molecule has 0 aromatic carbocycles. The van der Waals surface area contributed by atoms with Gasteiger partial charge in [0, 0.05) is 45.1 Å². The number of hydrogen-bond acceptors (Lipinski definition) is 6. The number of aryl methyl sites for hydroxylation is 1. The quantitative estimate of drug-likeness (QED) is 0.818. The van der Waals surface area contributed by atoms with E-state index >= 15 is 0 Å². The molecule has 0 aliphatic carbocycles. The maximum absolute atomic E-state index is 12.7. The standard InChI is InChI=1S/C21H30N6O2/c1-25-13-18(23-15-25)20(28)24-19-6-10-26(2)21(19)7-4-9-27(14-21)12-16-11-17(29-3)5-8-22-16/h5,8,11,13,15,19H,4,6-7,9-10,12,14H2,1-3H3,(H,24,28).